The highest BCUT2D eigenvalue weighted by Gasteiger charge is 2.60. The Bertz CT molecular complexity index is 424. The molecule has 1 spiro atoms. The minimum Gasteiger partial charge on any atom is -0.350 e. The van der Waals surface area contributed by atoms with E-state index in [-0.39, 0.29) is 12.1 Å². The van der Waals surface area contributed by atoms with Crippen molar-refractivity contribution in [2.24, 2.45) is 5.92 Å². The molecule has 4 nitrogen and oxygen atoms in total. The molecule has 3 heterocycles. The van der Waals surface area contributed by atoms with Crippen molar-refractivity contribution in [3.8, 4) is 0 Å². The number of allylic oxidation sites excluding steroid dienone is 2. The Kier molecular flexibility index (Phi) is 2.37. The van der Waals surface area contributed by atoms with Gasteiger partial charge < -0.3 is 14.4 Å². The Hall–Kier alpha value is -1.10. The molecule has 1 aliphatic carbocycles. The molecule has 3 atom stereocenters. The molecule has 4 aliphatic rings. The molecule has 2 fully saturated rings. The SMILES string of the molecule is C1=CC2C(C=C1)C1(OCCCO1)C1NCC=CN21. The maximum Gasteiger partial charge on any atom is 0.211 e. The number of ether oxygens (including phenoxy) is 2. The average molecular weight is 246 g/mol. The van der Waals surface area contributed by atoms with Crippen LogP contribution in [0.1, 0.15) is 6.42 Å². The summed E-state index contributed by atoms with van der Waals surface area (Å²) in [5.74, 6) is -0.252. The first-order valence-electron chi connectivity index (χ1n) is 6.72. The van der Waals surface area contributed by atoms with Crippen LogP contribution in [0.5, 0.6) is 0 Å². The molecule has 0 aromatic heterocycles. The number of hydrogen-bond acceptors (Lipinski definition) is 4. The van der Waals surface area contributed by atoms with E-state index >= 15 is 0 Å². The molecule has 2 saturated heterocycles. The van der Waals surface area contributed by atoms with Crippen molar-refractivity contribution in [3.05, 3.63) is 36.6 Å². The molecule has 0 radical (unpaired) electrons. The van der Waals surface area contributed by atoms with Gasteiger partial charge in [0.25, 0.3) is 0 Å². The van der Waals surface area contributed by atoms with Crippen LogP contribution in [0.15, 0.2) is 36.6 Å². The van der Waals surface area contributed by atoms with Crippen LogP contribution in [0, 0.1) is 5.92 Å². The second-order valence-electron chi connectivity index (χ2n) is 5.20. The van der Waals surface area contributed by atoms with Gasteiger partial charge in [-0.2, -0.15) is 0 Å². The van der Waals surface area contributed by atoms with Gasteiger partial charge in [0.15, 0.2) is 0 Å². The monoisotopic (exact) mass is 246 g/mol. The van der Waals surface area contributed by atoms with E-state index in [1.54, 1.807) is 0 Å². The average Bonchev–Trinajstić information content (AvgIpc) is 2.72. The topological polar surface area (TPSA) is 33.7 Å². The Morgan fingerprint density at radius 2 is 2.00 bits per heavy atom. The van der Waals surface area contributed by atoms with E-state index in [2.05, 4.69) is 46.8 Å². The van der Waals surface area contributed by atoms with Gasteiger partial charge in [0.1, 0.15) is 6.17 Å². The van der Waals surface area contributed by atoms with E-state index in [0.29, 0.717) is 6.04 Å². The van der Waals surface area contributed by atoms with Gasteiger partial charge in [0, 0.05) is 6.54 Å². The van der Waals surface area contributed by atoms with Crippen LogP contribution < -0.4 is 5.32 Å². The maximum absolute atomic E-state index is 6.12. The van der Waals surface area contributed by atoms with Gasteiger partial charge in [0.2, 0.25) is 5.79 Å². The van der Waals surface area contributed by atoms with E-state index in [4.69, 9.17) is 9.47 Å². The van der Waals surface area contributed by atoms with Crippen LogP contribution in [0.2, 0.25) is 0 Å². The second kappa shape index (κ2) is 3.95. The smallest absolute Gasteiger partial charge is 0.211 e. The van der Waals surface area contributed by atoms with Crippen molar-refractivity contribution in [3.63, 3.8) is 0 Å². The summed E-state index contributed by atoms with van der Waals surface area (Å²) in [4.78, 5) is 2.33. The molecule has 0 aromatic carbocycles. The van der Waals surface area contributed by atoms with Gasteiger partial charge in [-0.25, -0.2) is 0 Å². The summed E-state index contributed by atoms with van der Waals surface area (Å²) < 4.78 is 12.2. The normalized spacial score (nSPS) is 40.0. The van der Waals surface area contributed by atoms with Gasteiger partial charge in [-0.05, 0) is 12.6 Å². The zero-order valence-corrected chi connectivity index (χ0v) is 10.3. The van der Waals surface area contributed by atoms with Crippen molar-refractivity contribution >= 4 is 0 Å². The summed E-state index contributed by atoms with van der Waals surface area (Å²) in [5, 5.41) is 3.52. The number of hydrogen-bond donors (Lipinski definition) is 1. The van der Waals surface area contributed by atoms with E-state index in [1.165, 1.54) is 0 Å². The molecule has 1 N–H and O–H groups in total. The predicted molar refractivity (Wildman–Crippen MR) is 67.6 cm³/mol. The highest BCUT2D eigenvalue weighted by Crippen LogP contribution is 2.46. The molecular formula is C14H18N2O2. The fraction of sp³-hybridized carbons (Fsp3) is 0.571. The summed E-state index contributed by atoms with van der Waals surface area (Å²) in [7, 11) is 0. The molecule has 3 unspecified atom stereocenters. The van der Waals surface area contributed by atoms with E-state index in [1.807, 2.05) is 0 Å². The van der Waals surface area contributed by atoms with Crippen molar-refractivity contribution < 1.29 is 9.47 Å². The Morgan fingerprint density at radius 3 is 2.89 bits per heavy atom. The summed E-state index contributed by atoms with van der Waals surface area (Å²) >= 11 is 0. The van der Waals surface area contributed by atoms with Gasteiger partial charge in [0.05, 0.1) is 25.2 Å². The van der Waals surface area contributed by atoms with Crippen LogP contribution in [-0.4, -0.2) is 42.7 Å². The molecule has 0 saturated carbocycles. The lowest BCUT2D eigenvalue weighted by Crippen LogP contribution is -2.60. The fourth-order valence-corrected chi connectivity index (χ4v) is 3.52. The number of rotatable bonds is 0. The molecule has 18 heavy (non-hydrogen) atoms. The molecule has 0 aromatic rings. The lowest BCUT2D eigenvalue weighted by molar-refractivity contribution is -0.292. The quantitative estimate of drug-likeness (QED) is 0.691. The molecule has 0 amide bonds. The van der Waals surface area contributed by atoms with Crippen molar-refractivity contribution in [1.82, 2.24) is 10.2 Å². The molecule has 4 rings (SSSR count). The van der Waals surface area contributed by atoms with E-state index in [0.717, 1.165) is 26.2 Å². The van der Waals surface area contributed by atoms with Crippen molar-refractivity contribution in [2.45, 2.75) is 24.4 Å². The standard InChI is InChI=1S/C14H18N2O2/c1-2-6-12-11(5-1)14(17-9-4-10-18-14)13-15-7-3-8-16(12)13/h1-3,5-6,8,11-13,15H,4,7,9-10H2. The Morgan fingerprint density at radius 1 is 1.17 bits per heavy atom. The number of nitrogens with zero attached hydrogens (tertiary/aromatic N) is 1. The van der Waals surface area contributed by atoms with Crippen LogP contribution in [0.25, 0.3) is 0 Å². The first-order chi connectivity index (χ1) is 8.92. The van der Waals surface area contributed by atoms with Crippen LogP contribution in [0.4, 0.5) is 0 Å². The minimum absolute atomic E-state index is 0.116. The maximum atomic E-state index is 6.12. The van der Waals surface area contributed by atoms with Crippen molar-refractivity contribution in [1.29, 1.82) is 0 Å². The Labute approximate surface area is 107 Å². The zero-order valence-electron chi connectivity index (χ0n) is 10.3. The van der Waals surface area contributed by atoms with Crippen LogP contribution in [-0.2, 0) is 9.47 Å². The molecule has 0 bridgehead atoms. The number of fused-ring (bicyclic) bond motifs is 5. The van der Waals surface area contributed by atoms with E-state index < -0.39 is 5.79 Å². The van der Waals surface area contributed by atoms with Gasteiger partial charge in [-0.1, -0.05) is 30.4 Å². The van der Waals surface area contributed by atoms with E-state index in [9.17, 15) is 0 Å². The van der Waals surface area contributed by atoms with Gasteiger partial charge in [-0.15, -0.1) is 0 Å². The Balaban J connectivity index is 1.78. The first-order valence-corrected chi connectivity index (χ1v) is 6.72. The molecule has 96 valence electrons. The third-order valence-corrected chi connectivity index (χ3v) is 4.24. The second-order valence-corrected chi connectivity index (χ2v) is 5.20. The summed E-state index contributed by atoms with van der Waals surface area (Å²) in [5.41, 5.74) is 0. The largest absolute Gasteiger partial charge is 0.350 e. The van der Waals surface area contributed by atoms with Gasteiger partial charge in [-0.3, -0.25) is 5.32 Å². The molecule has 3 aliphatic heterocycles. The van der Waals surface area contributed by atoms with Crippen LogP contribution in [0.3, 0.4) is 0 Å². The molecular weight excluding hydrogens is 228 g/mol. The highest BCUT2D eigenvalue weighted by molar-refractivity contribution is 5.28. The highest BCUT2D eigenvalue weighted by atomic mass is 16.7. The van der Waals surface area contributed by atoms with Gasteiger partial charge >= 0.3 is 0 Å². The summed E-state index contributed by atoms with van der Waals surface area (Å²) in [6.45, 7) is 2.45. The summed E-state index contributed by atoms with van der Waals surface area (Å²) in [6, 6.07) is 0.335. The zero-order chi connectivity index (χ0) is 12.0. The van der Waals surface area contributed by atoms with Crippen LogP contribution >= 0.6 is 0 Å². The predicted octanol–water partition coefficient (Wildman–Crippen LogP) is 0.989. The fourth-order valence-electron chi connectivity index (χ4n) is 3.52. The third-order valence-electron chi connectivity index (χ3n) is 4.24. The first kappa shape index (κ1) is 10.8. The number of nitrogens with one attached hydrogen (secondary N) is 1. The lowest BCUT2D eigenvalue weighted by atomic mass is 9.90. The summed E-state index contributed by atoms with van der Waals surface area (Å²) in [6.07, 6.45) is 14.1. The molecule has 4 heteroatoms. The van der Waals surface area contributed by atoms with Crippen molar-refractivity contribution in [2.75, 3.05) is 19.8 Å². The lowest BCUT2D eigenvalue weighted by Gasteiger charge is -2.42. The third kappa shape index (κ3) is 1.31. The minimum atomic E-state index is -0.519.